The van der Waals surface area contributed by atoms with Gasteiger partial charge < -0.3 is 19.9 Å². The number of rotatable bonds is 9. The molecule has 0 bridgehead atoms. The summed E-state index contributed by atoms with van der Waals surface area (Å²) in [7, 11) is 0. The first kappa shape index (κ1) is 28.1. The zero-order valence-corrected chi connectivity index (χ0v) is 22.7. The molecule has 38 heavy (non-hydrogen) atoms. The van der Waals surface area contributed by atoms with Crippen molar-refractivity contribution in [3.8, 4) is 0 Å². The molecule has 7 nitrogen and oxygen atoms in total. The maximum atomic E-state index is 12.9. The Hall–Kier alpha value is -2.93. The zero-order chi connectivity index (χ0) is 27.2. The molecule has 0 aromatic heterocycles. The van der Waals surface area contributed by atoms with Gasteiger partial charge in [0.2, 0.25) is 0 Å². The molecule has 206 valence electrons. The van der Waals surface area contributed by atoms with E-state index in [1.54, 1.807) is 12.1 Å². The van der Waals surface area contributed by atoms with Gasteiger partial charge in [-0.15, -0.1) is 0 Å². The number of carbonyl (C=O) groups is 3. The third kappa shape index (κ3) is 6.93. The molecule has 1 saturated heterocycles. The maximum Gasteiger partial charge on any atom is 0.308 e. The smallest absolute Gasteiger partial charge is 0.308 e. The molecule has 2 N–H and O–H groups in total. The number of benzene rings is 1. The number of cyclic esters (lactones) is 1. The van der Waals surface area contributed by atoms with Crippen molar-refractivity contribution in [3.05, 3.63) is 59.7 Å². The van der Waals surface area contributed by atoms with Crippen LogP contribution < -0.4 is 5.32 Å². The molecule has 1 fully saturated rings. The van der Waals surface area contributed by atoms with Crippen LogP contribution >= 0.6 is 0 Å². The third-order valence-corrected chi connectivity index (χ3v) is 8.38. The zero-order valence-electron chi connectivity index (χ0n) is 22.7. The van der Waals surface area contributed by atoms with Crippen LogP contribution in [-0.2, 0) is 19.1 Å². The molecule has 1 aliphatic heterocycles. The molecule has 1 heterocycles. The van der Waals surface area contributed by atoms with E-state index in [0.717, 1.165) is 12.0 Å². The van der Waals surface area contributed by atoms with Crippen molar-refractivity contribution in [2.24, 2.45) is 29.6 Å². The third-order valence-electron chi connectivity index (χ3n) is 8.38. The molecule has 1 aromatic carbocycles. The van der Waals surface area contributed by atoms with Crippen LogP contribution in [0.1, 0.15) is 69.7 Å². The van der Waals surface area contributed by atoms with E-state index in [0.29, 0.717) is 37.8 Å². The number of carbonyl (C=O) groups excluding carboxylic acids is 3. The molecule has 0 spiro atoms. The van der Waals surface area contributed by atoms with E-state index in [-0.39, 0.29) is 66.1 Å². The van der Waals surface area contributed by atoms with Gasteiger partial charge in [0.1, 0.15) is 12.2 Å². The van der Waals surface area contributed by atoms with E-state index < -0.39 is 6.10 Å². The van der Waals surface area contributed by atoms with Gasteiger partial charge in [-0.1, -0.05) is 57.2 Å². The number of esters is 2. The lowest BCUT2D eigenvalue weighted by atomic mass is 9.65. The van der Waals surface area contributed by atoms with Crippen molar-refractivity contribution < 1.29 is 29.0 Å². The van der Waals surface area contributed by atoms with Crippen molar-refractivity contribution in [1.29, 1.82) is 0 Å². The minimum Gasteiger partial charge on any atom is -0.462 e. The lowest BCUT2D eigenvalue weighted by Crippen LogP contribution is -2.44. The summed E-state index contributed by atoms with van der Waals surface area (Å²) in [4.78, 5) is 37.4. The number of hydrogen-bond acceptors (Lipinski definition) is 6. The molecule has 0 radical (unpaired) electrons. The number of amides is 1. The van der Waals surface area contributed by atoms with Crippen LogP contribution in [0.15, 0.2) is 54.1 Å². The predicted molar refractivity (Wildman–Crippen MR) is 144 cm³/mol. The molecule has 1 unspecified atom stereocenters. The summed E-state index contributed by atoms with van der Waals surface area (Å²) in [5.74, 6) is -0.280. The molecular formula is C31H41NO6. The molecular weight excluding hydrogens is 482 g/mol. The van der Waals surface area contributed by atoms with Crippen LogP contribution in [0, 0.1) is 29.6 Å². The summed E-state index contributed by atoms with van der Waals surface area (Å²) < 4.78 is 11.7. The predicted octanol–water partition coefficient (Wildman–Crippen LogP) is 4.61. The molecule has 3 aliphatic rings. The molecule has 1 aromatic rings. The van der Waals surface area contributed by atoms with Crippen LogP contribution in [-0.4, -0.2) is 47.8 Å². The highest BCUT2D eigenvalue weighted by Crippen LogP contribution is 2.45. The molecule has 2 aliphatic carbocycles. The van der Waals surface area contributed by atoms with Crippen LogP contribution in [0.4, 0.5) is 0 Å². The fraction of sp³-hybridized carbons (Fsp3) is 0.581. The number of ether oxygens (including phenoxy) is 2. The fourth-order valence-electron chi connectivity index (χ4n) is 6.00. The van der Waals surface area contributed by atoms with Crippen molar-refractivity contribution >= 4 is 17.8 Å². The lowest BCUT2D eigenvalue weighted by molar-refractivity contribution is -0.162. The number of allylic oxidation sites excluding steroid dienone is 2. The SMILES string of the molecule is CCC(C)C(=O)O[C@H]1C[C@@H](CNC(=O)c2ccccc2)C=C2C=C[C@H](C)[C@H](CC[C@@H]3C[C@@H](O)CC(=O)O3)[C@H]21. The van der Waals surface area contributed by atoms with Crippen LogP contribution in [0.25, 0.3) is 0 Å². The molecule has 4 rings (SSSR count). The van der Waals surface area contributed by atoms with Gasteiger partial charge in [-0.3, -0.25) is 14.4 Å². The van der Waals surface area contributed by atoms with Crippen molar-refractivity contribution in [2.75, 3.05) is 6.54 Å². The summed E-state index contributed by atoms with van der Waals surface area (Å²) in [6.45, 7) is 6.52. The minimum atomic E-state index is -0.647. The van der Waals surface area contributed by atoms with Crippen LogP contribution in [0.3, 0.4) is 0 Å². The summed E-state index contributed by atoms with van der Waals surface area (Å²) in [6.07, 6.45) is 8.67. The molecule has 1 amide bonds. The maximum absolute atomic E-state index is 12.9. The Bertz CT molecular complexity index is 1050. The monoisotopic (exact) mass is 523 g/mol. The first-order chi connectivity index (χ1) is 18.2. The summed E-state index contributed by atoms with van der Waals surface area (Å²) in [5, 5.41) is 13.1. The van der Waals surface area contributed by atoms with E-state index in [2.05, 4.69) is 30.5 Å². The number of hydrogen-bond donors (Lipinski definition) is 2. The standard InChI is InChI=1S/C31H41NO6/c1-4-19(2)31(36)38-27-15-21(18-32-30(35)22-8-6-5-7-9-22)14-23-11-10-20(3)26(29(23)27)13-12-25-16-24(33)17-28(34)37-25/h5-11,14,19-21,24-27,29,33H,4,12-13,15-18H2,1-3H3,(H,32,35)/t19?,20-,21-,24+,25+,26-,27-,29-/m0/s1. The first-order valence-corrected chi connectivity index (χ1v) is 14.1. The van der Waals surface area contributed by atoms with Crippen molar-refractivity contribution in [3.63, 3.8) is 0 Å². The Kier molecular flexibility index (Phi) is 9.42. The largest absolute Gasteiger partial charge is 0.462 e. The number of aliphatic hydroxyl groups excluding tert-OH is 1. The van der Waals surface area contributed by atoms with Gasteiger partial charge in [-0.05, 0) is 61.1 Å². The van der Waals surface area contributed by atoms with E-state index in [9.17, 15) is 19.5 Å². The number of nitrogens with one attached hydrogen (secondary N) is 1. The Morgan fingerprint density at radius 1 is 1.18 bits per heavy atom. The van der Waals surface area contributed by atoms with E-state index >= 15 is 0 Å². The van der Waals surface area contributed by atoms with Gasteiger partial charge in [0.25, 0.3) is 5.91 Å². The molecule has 8 atom stereocenters. The van der Waals surface area contributed by atoms with Gasteiger partial charge in [0.15, 0.2) is 0 Å². The summed E-state index contributed by atoms with van der Waals surface area (Å²) in [5.41, 5.74) is 1.76. The Balaban J connectivity index is 1.50. The van der Waals surface area contributed by atoms with E-state index in [4.69, 9.17) is 9.47 Å². The van der Waals surface area contributed by atoms with Gasteiger partial charge >= 0.3 is 11.9 Å². The second-order valence-electron chi connectivity index (χ2n) is 11.2. The molecule has 0 saturated carbocycles. The van der Waals surface area contributed by atoms with Crippen LogP contribution in [0.5, 0.6) is 0 Å². The average molecular weight is 524 g/mol. The van der Waals surface area contributed by atoms with Gasteiger partial charge in [-0.25, -0.2) is 0 Å². The van der Waals surface area contributed by atoms with Gasteiger partial charge in [0, 0.05) is 24.4 Å². The van der Waals surface area contributed by atoms with Crippen molar-refractivity contribution in [1.82, 2.24) is 5.32 Å². The van der Waals surface area contributed by atoms with E-state index in [1.807, 2.05) is 32.0 Å². The minimum absolute atomic E-state index is 0.0355. The average Bonchev–Trinajstić information content (AvgIpc) is 2.90. The van der Waals surface area contributed by atoms with E-state index in [1.165, 1.54) is 0 Å². The number of fused-ring (bicyclic) bond motifs is 1. The highest BCUT2D eigenvalue weighted by Gasteiger charge is 2.43. The number of aliphatic hydroxyl groups is 1. The topological polar surface area (TPSA) is 102 Å². The Morgan fingerprint density at radius 2 is 1.95 bits per heavy atom. The molecule has 7 heteroatoms. The highest BCUT2D eigenvalue weighted by atomic mass is 16.5. The lowest BCUT2D eigenvalue weighted by Gasteiger charge is -2.44. The Labute approximate surface area is 225 Å². The quantitative estimate of drug-likeness (QED) is 0.459. The highest BCUT2D eigenvalue weighted by molar-refractivity contribution is 5.94. The Morgan fingerprint density at radius 3 is 2.66 bits per heavy atom. The summed E-state index contributed by atoms with van der Waals surface area (Å²) >= 11 is 0. The first-order valence-electron chi connectivity index (χ1n) is 14.1. The second kappa shape index (κ2) is 12.7. The summed E-state index contributed by atoms with van der Waals surface area (Å²) in [6, 6.07) is 9.15. The van der Waals surface area contributed by atoms with Crippen molar-refractivity contribution in [2.45, 2.75) is 77.6 Å². The fourth-order valence-corrected chi connectivity index (χ4v) is 6.00. The van der Waals surface area contributed by atoms with Gasteiger partial charge in [0.05, 0.1) is 18.4 Å². The second-order valence-corrected chi connectivity index (χ2v) is 11.2. The normalized spacial score (nSPS) is 31.4. The van der Waals surface area contributed by atoms with Gasteiger partial charge in [-0.2, -0.15) is 0 Å². The van der Waals surface area contributed by atoms with Crippen LogP contribution in [0.2, 0.25) is 0 Å².